The highest BCUT2D eigenvalue weighted by molar-refractivity contribution is 5.94. The molecule has 8 nitrogen and oxygen atoms in total. The second-order valence-electron chi connectivity index (χ2n) is 7.83. The third kappa shape index (κ3) is 4.21. The molecule has 1 aromatic carbocycles. The summed E-state index contributed by atoms with van der Waals surface area (Å²) in [6, 6.07) is 6.40. The Balaban J connectivity index is 1.70. The van der Waals surface area contributed by atoms with Gasteiger partial charge in [-0.1, -0.05) is 18.2 Å². The number of aliphatic hydroxyl groups excluding tert-OH is 1. The zero-order valence-corrected chi connectivity index (χ0v) is 18.0. The van der Waals surface area contributed by atoms with Crippen molar-refractivity contribution in [3.8, 4) is 0 Å². The second-order valence-corrected chi connectivity index (χ2v) is 7.83. The van der Waals surface area contributed by atoms with Crippen LogP contribution in [0.15, 0.2) is 30.5 Å². The molecule has 2 aromatic heterocycles. The zero-order valence-electron chi connectivity index (χ0n) is 18.0. The Kier molecular flexibility index (Phi) is 6.18. The van der Waals surface area contributed by atoms with Crippen molar-refractivity contribution in [2.24, 2.45) is 5.73 Å². The van der Waals surface area contributed by atoms with Gasteiger partial charge in [0.2, 0.25) is 0 Å². The van der Waals surface area contributed by atoms with Crippen LogP contribution in [0.3, 0.4) is 0 Å². The molecule has 0 amide bonds. The minimum Gasteiger partial charge on any atom is -0.390 e. The highest BCUT2D eigenvalue weighted by atomic mass is 19.3. The van der Waals surface area contributed by atoms with E-state index in [1.165, 1.54) is 12.1 Å². The van der Waals surface area contributed by atoms with E-state index in [0.29, 0.717) is 30.2 Å². The standard InChI is InChI=1S/C22H26F2N6O2/c1-13-15(4-3-5-18(13)22(23,24)12-31)20(25)27-21-16-10-19(30-6-8-32-9-7-30)26-11-17(16)14(2)28-29-21/h3-5,10-11,20,31H,6-9,12,25H2,1-2H3,(H,27,29)/t20-/m0/s1. The summed E-state index contributed by atoms with van der Waals surface area (Å²) in [6.45, 7) is 4.89. The molecule has 0 bridgehead atoms. The third-order valence-corrected chi connectivity index (χ3v) is 5.77. The Labute approximate surface area is 184 Å². The number of nitrogens with zero attached hydrogens (tertiary/aromatic N) is 4. The maximum atomic E-state index is 14.1. The van der Waals surface area contributed by atoms with E-state index in [4.69, 9.17) is 15.6 Å². The normalized spacial score (nSPS) is 15.8. The summed E-state index contributed by atoms with van der Waals surface area (Å²) >= 11 is 0. The molecule has 1 atom stereocenters. The molecule has 1 fully saturated rings. The molecule has 3 aromatic rings. The van der Waals surface area contributed by atoms with Crippen molar-refractivity contribution >= 4 is 22.4 Å². The number of alkyl halides is 2. The average Bonchev–Trinajstić information content (AvgIpc) is 2.81. The first kappa shape index (κ1) is 22.3. The molecule has 3 heterocycles. The molecular formula is C22H26F2N6O2. The van der Waals surface area contributed by atoms with Crippen LogP contribution >= 0.6 is 0 Å². The number of nitrogens with two attached hydrogens (primary N) is 1. The van der Waals surface area contributed by atoms with Gasteiger partial charge >= 0.3 is 0 Å². The number of hydrogen-bond donors (Lipinski definition) is 3. The van der Waals surface area contributed by atoms with Crippen molar-refractivity contribution in [2.45, 2.75) is 25.9 Å². The van der Waals surface area contributed by atoms with E-state index < -0.39 is 18.7 Å². The molecule has 1 aliphatic rings. The van der Waals surface area contributed by atoms with Gasteiger partial charge in [-0.05, 0) is 31.0 Å². The van der Waals surface area contributed by atoms with E-state index >= 15 is 0 Å². The van der Waals surface area contributed by atoms with Crippen molar-refractivity contribution in [2.75, 3.05) is 43.1 Å². The van der Waals surface area contributed by atoms with E-state index in [1.807, 2.05) is 13.0 Å². The van der Waals surface area contributed by atoms with Gasteiger partial charge in [-0.25, -0.2) is 4.98 Å². The number of hydrogen-bond acceptors (Lipinski definition) is 8. The number of aliphatic hydroxyl groups is 1. The van der Waals surface area contributed by atoms with Crippen LogP contribution in [0.1, 0.15) is 28.6 Å². The van der Waals surface area contributed by atoms with E-state index in [0.717, 1.165) is 35.4 Å². The van der Waals surface area contributed by atoms with Crippen molar-refractivity contribution in [3.05, 3.63) is 52.8 Å². The molecule has 0 spiro atoms. The fourth-order valence-electron chi connectivity index (χ4n) is 3.93. The lowest BCUT2D eigenvalue weighted by atomic mass is 9.96. The molecule has 4 N–H and O–H groups in total. The quantitative estimate of drug-likeness (QED) is 0.498. The highest BCUT2D eigenvalue weighted by Crippen LogP contribution is 2.34. The van der Waals surface area contributed by atoms with Gasteiger partial charge in [0.05, 0.1) is 18.9 Å². The minimum absolute atomic E-state index is 0.256. The molecule has 0 unspecified atom stereocenters. The van der Waals surface area contributed by atoms with Gasteiger partial charge in [0, 0.05) is 35.6 Å². The minimum atomic E-state index is -3.35. The Morgan fingerprint density at radius 1 is 1.22 bits per heavy atom. The Morgan fingerprint density at radius 3 is 2.69 bits per heavy atom. The van der Waals surface area contributed by atoms with Crippen molar-refractivity contribution in [3.63, 3.8) is 0 Å². The molecular weight excluding hydrogens is 418 g/mol. The topological polar surface area (TPSA) is 109 Å². The van der Waals surface area contributed by atoms with Gasteiger partial charge in [-0.3, -0.25) is 0 Å². The number of anilines is 2. The Morgan fingerprint density at radius 2 is 1.97 bits per heavy atom. The SMILES string of the molecule is Cc1c([C@@H](N)Nc2nnc(C)c3cnc(N4CCOCC4)cc23)cccc1C(F)(F)CO. The van der Waals surface area contributed by atoms with Crippen LogP contribution < -0.4 is 16.0 Å². The molecule has 4 rings (SSSR count). The molecule has 170 valence electrons. The van der Waals surface area contributed by atoms with Crippen LogP contribution in [-0.2, 0) is 10.7 Å². The average molecular weight is 444 g/mol. The zero-order chi connectivity index (χ0) is 22.9. The van der Waals surface area contributed by atoms with Crippen LogP contribution in [0.25, 0.3) is 10.8 Å². The Hall–Kier alpha value is -2.95. The summed E-state index contributed by atoms with van der Waals surface area (Å²) in [5.41, 5.74) is 7.62. The van der Waals surface area contributed by atoms with Crippen LogP contribution in [0.5, 0.6) is 0 Å². The van der Waals surface area contributed by atoms with Crippen molar-refractivity contribution < 1.29 is 18.6 Å². The molecule has 32 heavy (non-hydrogen) atoms. The van der Waals surface area contributed by atoms with Crippen molar-refractivity contribution in [1.29, 1.82) is 0 Å². The summed E-state index contributed by atoms with van der Waals surface area (Å²) in [5, 5.41) is 22.3. The summed E-state index contributed by atoms with van der Waals surface area (Å²) < 4.78 is 33.7. The van der Waals surface area contributed by atoms with Gasteiger partial charge in [0.25, 0.3) is 5.92 Å². The molecule has 1 saturated heterocycles. The maximum Gasteiger partial charge on any atom is 0.296 e. The summed E-state index contributed by atoms with van der Waals surface area (Å²) in [7, 11) is 0. The highest BCUT2D eigenvalue weighted by Gasteiger charge is 2.33. The fraction of sp³-hybridized carbons (Fsp3) is 0.409. The molecule has 1 aliphatic heterocycles. The number of fused-ring (bicyclic) bond motifs is 1. The lowest BCUT2D eigenvalue weighted by molar-refractivity contribution is -0.0561. The number of pyridine rings is 1. The maximum absolute atomic E-state index is 14.1. The summed E-state index contributed by atoms with van der Waals surface area (Å²) in [4.78, 5) is 6.70. The van der Waals surface area contributed by atoms with E-state index in [9.17, 15) is 8.78 Å². The second kappa shape index (κ2) is 8.89. The van der Waals surface area contributed by atoms with E-state index in [-0.39, 0.29) is 5.56 Å². The van der Waals surface area contributed by atoms with E-state index in [1.54, 1.807) is 19.2 Å². The largest absolute Gasteiger partial charge is 0.390 e. The van der Waals surface area contributed by atoms with E-state index in [2.05, 4.69) is 25.4 Å². The number of aryl methyl sites for hydroxylation is 1. The third-order valence-electron chi connectivity index (χ3n) is 5.77. The molecule has 0 radical (unpaired) electrons. The first-order valence-corrected chi connectivity index (χ1v) is 10.4. The number of morpholine rings is 1. The molecule has 10 heteroatoms. The number of halogens is 2. The van der Waals surface area contributed by atoms with Crippen LogP contribution in [0.4, 0.5) is 20.4 Å². The van der Waals surface area contributed by atoms with Gasteiger partial charge in [0.15, 0.2) is 5.82 Å². The van der Waals surface area contributed by atoms with Crippen LogP contribution in [0.2, 0.25) is 0 Å². The number of aromatic nitrogens is 3. The summed E-state index contributed by atoms with van der Waals surface area (Å²) in [6.07, 6.45) is 0.943. The lowest BCUT2D eigenvalue weighted by Gasteiger charge is -2.28. The number of rotatable bonds is 6. The summed E-state index contributed by atoms with van der Waals surface area (Å²) in [5.74, 6) is -2.12. The molecule has 0 saturated carbocycles. The van der Waals surface area contributed by atoms with Gasteiger partial charge in [-0.2, -0.15) is 13.9 Å². The first-order chi connectivity index (χ1) is 15.3. The van der Waals surface area contributed by atoms with Crippen molar-refractivity contribution in [1.82, 2.24) is 15.2 Å². The molecule has 0 aliphatic carbocycles. The Bertz CT molecular complexity index is 1120. The first-order valence-electron chi connectivity index (χ1n) is 10.4. The van der Waals surface area contributed by atoms with Crippen LogP contribution in [-0.4, -0.2) is 53.2 Å². The van der Waals surface area contributed by atoms with Crippen LogP contribution in [0, 0.1) is 13.8 Å². The van der Waals surface area contributed by atoms with Gasteiger partial charge in [-0.15, -0.1) is 5.10 Å². The number of benzene rings is 1. The predicted molar refractivity (Wildman–Crippen MR) is 118 cm³/mol. The smallest absolute Gasteiger partial charge is 0.296 e. The predicted octanol–water partition coefficient (Wildman–Crippen LogP) is 2.63. The lowest BCUT2D eigenvalue weighted by Crippen LogP contribution is -2.36. The number of ether oxygens (including phenoxy) is 1. The van der Waals surface area contributed by atoms with Gasteiger partial charge in [0.1, 0.15) is 18.6 Å². The number of nitrogens with one attached hydrogen (secondary N) is 1. The van der Waals surface area contributed by atoms with Gasteiger partial charge < -0.3 is 25.8 Å². The monoisotopic (exact) mass is 444 g/mol. The fourth-order valence-corrected chi connectivity index (χ4v) is 3.93.